The number of amides is 1. The first-order chi connectivity index (χ1) is 16.8. The van der Waals surface area contributed by atoms with Crippen molar-refractivity contribution in [2.24, 2.45) is 0 Å². The molecular formula is C26H23Cl3N4OS. The highest BCUT2D eigenvalue weighted by atomic mass is 35.5. The van der Waals surface area contributed by atoms with Gasteiger partial charge in [0.2, 0.25) is 5.91 Å². The lowest BCUT2D eigenvalue weighted by atomic mass is 10.0. The Hall–Kier alpha value is -2.51. The van der Waals surface area contributed by atoms with E-state index in [4.69, 9.17) is 34.8 Å². The largest absolute Gasteiger partial charge is 0.351 e. The lowest BCUT2D eigenvalue weighted by Crippen LogP contribution is -2.24. The van der Waals surface area contributed by atoms with E-state index in [1.54, 1.807) is 18.2 Å². The third-order valence-electron chi connectivity index (χ3n) is 5.32. The fourth-order valence-electron chi connectivity index (χ4n) is 3.63. The van der Waals surface area contributed by atoms with Gasteiger partial charge in [0.1, 0.15) is 0 Å². The highest BCUT2D eigenvalue weighted by Crippen LogP contribution is 2.35. The second-order valence-corrected chi connectivity index (χ2v) is 10.4. The van der Waals surface area contributed by atoms with Gasteiger partial charge in [-0.25, -0.2) is 0 Å². The Bertz CT molecular complexity index is 1360. The van der Waals surface area contributed by atoms with E-state index in [0.29, 0.717) is 38.2 Å². The van der Waals surface area contributed by atoms with Crippen LogP contribution in [-0.2, 0) is 11.3 Å². The van der Waals surface area contributed by atoms with Gasteiger partial charge in [0, 0.05) is 22.2 Å². The second-order valence-electron chi connectivity index (χ2n) is 8.17. The highest BCUT2D eigenvalue weighted by molar-refractivity contribution is 7.99. The summed E-state index contributed by atoms with van der Waals surface area (Å²) in [5.74, 6) is 0.909. The number of hydrogen-bond donors (Lipinski definition) is 1. The average Bonchev–Trinajstić information content (AvgIpc) is 3.25. The maximum Gasteiger partial charge on any atom is 0.230 e. The molecule has 0 bridgehead atoms. The summed E-state index contributed by atoms with van der Waals surface area (Å²) in [6.45, 7) is 4.66. The minimum absolute atomic E-state index is 0.118. The summed E-state index contributed by atoms with van der Waals surface area (Å²) in [5, 5.41) is 14.0. The first kappa shape index (κ1) is 25.6. The Morgan fingerprint density at radius 3 is 2.49 bits per heavy atom. The smallest absolute Gasteiger partial charge is 0.230 e. The van der Waals surface area contributed by atoms with Crippen LogP contribution in [0.3, 0.4) is 0 Å². The van der Waals surface area contributed by atoms with E-state index in [-0.39, 0.29) is 17.6 Å². The molecule has 9 heteroatoms. The van der Waals surface area contributed by atoms with Crippen LogP contribution in [0.4, 0.5) is 0 Å². The molecule has 4 rings (SSSR count). The lowest BCUT2D eigenvalue weighted by molar-refractivity contribution is -0.118. The lowest BCUT2D eigenvalue weighted by Gasteiger charge is -2.17. The molecule has 0 aliphatic rings. The maximum absolute atomic E-state index is 12.6. The van der Waals surface area contributed by atoms with Crippen molar-refractivity contribution in [2.75, 3.05) is 5.75 Å². The number of thioether (sulfide) groups is 1. The Balaban J connectivity index is 1.63. The number of nitrogens with one attached hydrogen (secondary N) is 1. The zero-order valence-electron chi connectivity index (χ0n) is 19.1. The van der Waals surface area contributed by atoms with Crippen molar-refractivity contribution in [3.05, 3.63) is 92.9 Å². The van der Waals surface area contributed by atoms with Crippen LogP contribution in [-0.4, -0.2) is 26.4 Å². The summed E-state index contributed by atoms with van der Waals surface area (Å²) >= 11 is 20.0. The monoisotopic (exact) mass is 544 g/mol. The minimum atomic E-state index is -0.118. The molecular weight excluding hydrogens is 523 g/mol. The van der Waals surface area contributed by atoms with E-state index >= 15 is 0 Å². The maximum atomic E-state index is 12.6. The van der Waals surface area contributed by atoms with Crippen LogP contribution in [0.1, 0.15) is 30.9 Å². The van der Waals surface area contributed by atoms with Crippen LogP contribution in [0.2, 0.25) is 15.1 Å². The van der Waals surface area contributed by atoms with Gasteiger partial charge in [0.15, 0.2) is 11.0 Å². The van der Waals surface area contributed by atoms with E-state index in [1.807, 2.05) is 47.0 Å². The zero-order valence-corrected chi connectivity index (χ0v) is 22.2. The number of benzene rings is 3. The molecule has 0 fully saturated rings. The van der Waals surface area contributed by atoms with Crippen molar-refractivity contribution in [2.45, 2.75) is 31.5 Å². The van der Waals surface area contributed by atoms with Gasteiger partial charge in [0.25, 0.3) is 0 Å². The van der Waals surface area contributed by atoms with E-state index in [9.17, 15) is 4.79 Å². The number of carbonyl (C=O) groups is 1. The minimum Gasteiger partial charge on any atom is -0.351 e. The van der Waals surface area contributed by atoms with E-state index in [2.05, 4.69) is 35.4 Å². The van der Waals surface area contributed by atoms with E-state index < -0.39 is 0 Å². The van der Waals surface area contributed by atoms with Gasteiger partial charge in [-0.2, -0.15) is 0 Å². The van der Waals surface area contributed by atoms with Gasteiger partial charge in [-0.15, -0.1) is 10.2 Å². The molecule has 1 heterocycles. The molecule has 0 atom stereocenters. The number of hydrogen-bond acceptors (Lipinski definition) is 4. The van der Waals surface area contributed by atoms with Crippen LogP contribution in [0.25, 0.3) is 17.1 Å². The fourth-order valence-corrected chi connectivity index (χ4v) is 5.11. The van der Waals surface area contributed by atoms with Crippen LogP contribution >= 0.6 is 46.6 Å². The average molecular weight is 546 g/mol. The summed E-state index contributed by atoms with van der Waals surface area (Å²) in [7, 11) is 0. The first-order valence-corrected chi connectivity index (χ1v) is 13.1. The summed E-state index contributed by atoms with van der Waals surface area (Å²) < 4.78 is 1.96. The second kappa shape index (κ2) is 11.5. The predicted molar refractivity (Wildman–Crippen MR) is 145 cm³/mol. The molecule has 3 aromatic carbocycles. The van der Waals surface area contributed by atoms with Crippen molar-refractivity contribution in [1.29, 1.82) is 0 Å². The van der Waals surface area contributed by atoms with Crippen LogP contribution < -0.4 is 5.32 Å². The quantitative estimate of drug-likeness (QED) is 0.234. The third-order valence-corrected chi connectivity index (χ3v) is 7.03. The number of rotatable bonds is 8. The highest BCUT2D eigenvalue weighted by Gasteiger charge is 2.21. The van der Waals surface area contributed by atoms with Crippen molar-refractivity contribution < 1.29 is 4.79 Å². The van der Waals surface area contributed by atoms with Crippen molar-refractivity contribution >= 4 is 52.5 Å². The molecule has 4 aromatic rings. The molecule has 0 radical (unpaired) electrons. The van der Waals surface area contributed by atoms with Crippen molar-refractivity contribution in [1.82, 2.24) is 20.1 Å². The molecule has 5 nitrogen and oxygen atoms in total. The van der Waals surface area contributed by atoms with Gasteiger partial charge in [-0.3, -0.25) is 9.36 Å². The molecule has 0 spiro atoms. The number of para-hydroxylation sites is 1. The Morgan fingerprint density at radius 2 is 1.74 bits per heavy atom. The summed E-state index contributed by atoms with van der Waals surface area (Å²) in [4.78, 5) is 12.6. The predicted octanol–water partition coefficient (Wildman–Crippen LogP) is 7.43. The number of carbonyl (C=O) groups excluding carboxylic acids is 1. The summed E-state index contributed by atoms with van der Waals surface area (Å²) in [6.07, 6.45) is 0. The Kier molecular flexibility index (Phi) is 8.39. The zero-order chi connectivity index (χ0) is 24.9. The number of halogens is 3. The normalized spacial score (nSPS) is 11.1. The topological polar surface area (TPSA) is 59.8 Å². The first-order valence-electron chi connectivity index (χ1n) is 11.0. The van der Waals surface area contributed by atoms with Gasteiger partial charge in [-0.1, -0.05) is 90.7 Å². The molecule has 1 amide bonds. The molecule has 1 N–H and O–H groups in total. The molecule has 0 saturated carbocycles. The standard InChI is InChI=1S/C26H23Cl3N4OS/c1-16(2)20-8-3-4-9-23(20)33-25(21-11-10-19(28)13-22(21)29)31-32-26(33)35-15-24(34)30-14-17-6-5-7-18(27)12-17/h3-13,16H,14-15H2,1-2H3,(H,30,34). The van der Waals surface area contributed by atoms with Crippen LogP contribution in [0.5, 0.6) is 0 Å². The molecule has 0 unspecified atom stereocenters. The van der Waals surface area contributed by atoms with Crippen molar-refractivity contribution in [3.8, 4) is 17.1 Å². The van der Waals surface area contributed by atoms with E-state index in [0.717, 1.165) is 16.8 Å². The number of aromatic nitrogens is 3. The van der Waals surface area contributed by atoms with E-state index in [1.165, 1.54) is 11.8 Å². The number of nitrogens with zero attached hydrogens (tertiary/aromatic N) is 3. The van der Waals surface area contributed by atoms with Crippen LogP contribution in [0.15, 0.2) is 71.9 Å². The summed E-state index contributed by atoms with van der Waals surface area (Å²) in [6, 6.07) is 20.8. The van der Waals surface area contributed by atoms with Gasteiger partial charge in [-0.05, 0) is 53.4 Å². The molecule has 35 heavy (non-hydrogen) atoms. The van der Waals surface area contributed by atoms with Gasteiger partial charge < -0.3 is 5.32 Å². The van der Waals surface area contributed by atoms with Gasteiger partial charge >= 0.3 is 0 Å². The molecule has 1 aromatic heterocycles. The van der Waals surface area contributed by atoms with Crippen molar-refractivity contribution in [3.63, 3.8) is 0 Å². The fraction of sp³-hybridized carbons (Fsp3) is 0.192. The SMILES string of the molecule is CC(C)c1ccccc1-n1c(SCC(=O)NCc2cccc(Cl)c2)nnc1-c1ccc(Cl)cc1Cl. The van der Waals surface area contributed by atoms with Crippen LogP contribution in [0, 0.1) is 0 Å². The Labute approximate surface area is 223 Å². The molecule has 0 saturated heterocycles. The molecule has 0 aliphatic heterocycles. The third kappa shape index (κ3) is 6.19. The summed E-state index contributed by atoms with van der Waals surface area (Å²) in [5.41, 5.74) is 3.71. The molecule has 180 valence electrons. The molecule has 0 aliphatic carbocycles. The Morgan fingerprint density at radius 1 is 0.971 bits per heavy atom. The van der Waals surface area contributed by atoms with Gasteiger partial charge in [0.05, 0.1) is 16.5 Å².